The molecule has 9 heteroatoms. The molecule has 1 saturated heterocycles. The molecule has 0 radical (unpaired) electrons. The van der Waals surface area contributed by atoms with Gasteiger partial charge in [0.2, 0.25) is 10.0 Å². The van der Waals surface area contributed by atoms with Crippen LogP contribution in [0.5, 0.6) is 0 Å². The number of aliphatic carboxylic acids is 1. The molecule has 2 aromatic rings. The number of rotatable bonds is 5. The molecular weight excluding hydrogens is 378 g/mol. The topological polar surface area (TPSA) is 101 Å². The van der Waals surface area contributed by atoms with Crippen molar-refractivity contribution in [3.05, 3.63) is 29.1 Å². The average Bonchev–Trinajstić information content (AvgIpc) is 3.05. The lowest BCUT2D eigenvalue weighted by molar-refractivity contribution is -0.142. The van der Waals surface area contributed by atoms with E-state index in [0.29, 0.717) is 23.1 Å². The number of hydrogen-bond acceptors (Lipinski definition) is 6. The number of benzene rings is 1. The zero-order chi connectivity index (χ0) is 18.9. The van der Waals surface area contributed by atoms with Crippen molar-refractivity contribution in [3.63, 3.8) is 0 Å². The summed E-state index contributed by atoms with van der Waals surface area (Å²) in [4.78, 5) is 23.4. The lowest BCUT2D eigenvalue weighted by atomic mass is 9.99. The van der Waals surface area contributed by atoms with Gasteiger partial charge in [-0.25, -0.2) is 13.2 Å². The number of hydrogen-bond donors (Lipinski definition) is 1. The summed E-state index contributed by atoms with van der Waals surface area (Å²) in [5.74, 6) is -1.80. The Bertz CT molecular complexity index is 941. The summed E-state index contributed by atoms with van der Waals surface area (Å²) >= 11 is 1.26. The summed E-state index contributed by atoms with van der Waals surface area (Å²) in [5, 5.41) is 9.71. The number of nitrogens with zero attached hydrogens (tertiary/aromatic N) is 1. The molecule has 0 spiro atoms. The largest absolute Gasteiger partial charge is 0.481 e. The molecule has 1 aromatic heterocycles. The summed E-state index contributed by atoms with van der Waals surface area (Å²) in [7, 11) is -3.69. The maximum atomic E-state index is 12.8. The van der Waals surface area contributed by atoms with Gasteiger partial charge in [0.05, 0.1) is 17.4 Å². The molecule has 7 nitrogen and oxygen atoms in total. The van der Waals surface area contributed by atoms with E-state index >= 15 is 0 Å². The SMILES string of the molecule is CCOC(=O)c1cc2cc(S(=O)(=O)N3CCC(C(=O)O)CC3)ccc2s1. The summed E-state index contributed by atoms with van der Waals surface area (Å²) in [6, 6.07) is 6.38. The van der Waals surface area contributed by atoms with Crippen molar-refractivity contribution >= 4 is 43.4 Å². The van der Waals surface area contributed by atoms with Crippen LogP contribution in [0, 0.1) is 5.92 Å². The van der Waals surface area contributed by atoms with Crippen LogP contribution in [0.4, 0.5) is 0 Å². The van der Waals surface area contributed by atoms with Crippen LogP contribution in [0.25, 0.3) is 10.1 Å². The van der Waals surface area contributed by atoms with Crippen molar-refractivity contribution in [1.82, 2.24) is 4.31 Å². The van der Waals surface area contributed by atoms with Crippen LogP contribution in [-0.4, -0.2) is 49.5 Å². The first-order valence-corrected chi connectivity index (χ1v) is 10.5. The molecule has 1 aromatic carbocycles. The maximum absolute atomic E-state index is 12.8. The lowest BCUT2D eigenvalue weighted by Gasteiger charge is -2.29. The average molecular weight is 397 g/mol. The van der Waals surface area contributed by atoms with Gasteiger partial charge in [0.1, 0.15) is 4.88 Å². The van der Waals surface area contributed by atoms with E-state index in [9.17, 15) is 18.0 Å². The number of fused-ring (bicyclic) bond motifs is 1. The van der Waals surface area contributed by atoms with E-state index in [0.717, 1.165) is 4.70 Å². The minimum Gasteiger partial charge on any atom is -0.481 e. The van der Waals surface area contributed by atoms with Crippen molar-refractivity contribution in [3.8, 4) is 0 Å². The Labute approximate surface area is 155 Å². The minimum atomic E-state index is -3.69. The van der Waals surface area contributed by atoms with Crippen molar-refractivity contribution in [2.75, 3.05) is 19.7 Å². The van der Waals surface area contributed by atoms with Gasteiger partial charge in [0.25, 0.3) is 0 Å². The van der Waals surface area contributed by atoms with Crippen molar-refractivity contribution in [1.29, 1.82) is 0 Å². The third-order valence-corrected chi connectivity index (χ3v) is 7.40. The highest BCUT2D eigenvalue weighted by molar-refractivity contribution is 7.89. The lowest BCUT2D eigenvalue weighted by Crippen LogP contribution is -2.40. The van der Waals surface area contributed by atoms with Gasteiger partial charge in [-0.05, 0) is 49.4 Å². The predicted molar refractivity (Wildman–Crippen MR) is 96.9 cm³/mol. The number of sulfonamides is 1. The van der Waals surface area contributed by atoms with E-state index in [1.54, 1.807) is 25.1 Å². The predicted octanol–water partition coefficient (Wildman–Crippen LogP) is 2.56. The van der Waals surface area contributed by atoms with Gasteiger partial charge in [-0.15, -0.1) is 11.3 Å². The van der Waals surface area contributed by atoms with Crippen LogP contribution in [0.2, 0.25) is 0 Å². The van der Waals surface area contributed by atoms with Gasteiger partial charge >= 0.3 is 11.9 Å². The van der Waals surface area contributed by atoms with Crippen LogP contribution in [0.1, 0.15) is 29.4 Å². The molecule has 0 amide bonds. The molecule has 1 fully saturated rings. The van der Waals surface area contributed by atoms with Crippen LogP contribution in [0.15, 0.2) is 29.2 Å². The summed E-state index contributed by atoms with van der Waals surface area (Å²) in [6.45, 7) is 2.38. The molecule has 0 unspecified atom stereocenters. The molecular formula is C17H19NO6S2. The number of thiophene rings is 1. The van der Waals surface area contributed by atoms with Gasteiger partial charge in [-0.2, -0.15) is 4.31 Å². The first kappa shape index (κ1) is 18.8. The number of piperidine rings is 1. The number of carboxylic acids is 1. The van der Waals surface area contributed by atoms with Gasteiger partial charge in [0.15, 0.2) is 0 Å². The number of ether oxygens (including phenoxy) is 1. The first-order chi connectivity index (χ1) is 12.3. The molecule has 3 rings (SSSR count). The monoisotopic (exact) mass is 397 g/mol. The molecule has 2 heterocycles. The number of carbonyl (C=O) groups is 2. The molecule has 0 atom stereocenters. The molecule has 1 N–H and O–H groups in total. The fraction of sp³-hybridized carbons (Fsp3) is 0.412. The highest BCUT2D eigenvalue weighted by atomic mass is 32.2. The highest BCUT2D eigenvalue weighted by Gasteiger charge is 2.32. The molecule has 0 bridgehead atoms. The van der Waals surface area contributed by atoms with Crippen molar-refractivity contribution in [2.24, 2.45) is 5.92 Å². The van der Waals surface area contributed by atoms with Crippen LogP contribution < -0.4 is 0 Å². The Morgan fingerprint density at radius 1 is 1.27 bits per heavy atom. The van der Waals surface area contributed by atoms with Gasteiger partial charge < -0.3 is 9.84 Å². The summed E-state index contributed by atoms with van der Waals surface area (Å²) in [6.07, 6.45) is 0.616. The minimum absolute atomic E-state index is 0.145. The zero-order valence-corrected chi connectivity index (χ0v) is 15.8. The second-order valence-electron chi connectivity index (χ2n) is 6.05. The second-order valence-corrected chi connectivity index (χ2v) is 9.07. The van der Waals surface area contributed by atoms with E-state index in [1.807, 2.05) is 0 Å². The van der Waals surface area contributed by atoms with Crippen LogP contribution in [-0.2, 0) is 19.6 Å². The van der Waals surface area contributed by atoms with Crippen molar-refractivity contribution in [2.45, 2.75) is 24.7 Å². The van der Waals surface area contributed by atoms with Crippen LogP contribution >= 0.6 is 11.3 Å². The third-order valence-electron chi connectivity index (χ3n) is 4.41. The fourth-order valence-electron chi connectivity index (χ4n) is 2.98. The van der Waals surface area contributed by atoms with Crippen molar-refractivity contribution < 1.29 is 27.9 Å². The standard InChI is InChI=1S/C17H19NO6S2/c1-2-24-17(21)15-10-12-9-13(3-4-14(12)25-15)26(22,23)18-7-5-11(6-8-18)16(19)20/h3-4,9-11H,2,5-8H2,1H3,(H,19,20). The van der Waals surface area contributed by atoms with Gasteiger partial charge in [-0.3, -0.25) is 4.79 Å². The summed E-state index contributed by atoms with van der Waals surface area (Å²) in [5.41, 5.74) is 0. The van der Waals surface area contributed by atoms with E-state index in [4.69, 9.17) is 9.84 Å². The van der Waals surface area contributed by atoms with E-state index in [2.05, 4.69) is 0 Å². The summed E-state index contributed by atoms with van der Waals surface area (Å²) < 4.78 is 32.8. The Morgan fingerprint density at radius 2 is 1.96 bits per heavy atom. The zero-order valence-electron chi connectivity index (χ0n) is 14.2. The quantitative estimate of drug-likeness (QED) is 0.778. The van der Waals surface area contributed by atoms with E-state index < -0.39 is 27.9 Å². The number of carbonyl (C=O) groups excluding carboxylic acids is 1. The Balaban J connectivity index is 1.85. The van der Waals surface area contributed by atoms with E-state index in [1.165, 1.54) is 21.7 Å². The Hall–Kier alpha value is -1.97. The molecule has 0 aliphatic carbocycles. The maximum Gasteiger partial charge on any atom is 0.348 e. The molecule has 0 saturated carbocycles. The van der Waals surface area contributed by atoms with Gasteiger partial charge in [0, 0.05) is 17.8 Å². The molecule has 1 aliphatic rings. The number of esters is 1. The molecule has 140 valence electrons. The normalized spacial score (nSPS) is 16.7. The van der Waals surface area contributed by atoms with E-state index in [-0.39, 0.29) is 24.6 Å². The Kier molecular flexibility index (Phi) is 5.31. The second kappa shape index (κ2) is 7.34. The highest BCUT2D eigenvalue weighted by Crippen LogP contribution is 2.30. The first-order valence-electron chi connectivity index (χ1n) is 8.26. The molecule has 26 heavy (non-hydrogen) atoms. The molecule has 1 aliphatic heterocycles. The fourth-order valence-corrected chi connectivity index (χ4v) is 5.42. The third kappa shape index (κ3) is 3.60. The van der Waals surface area contributed by atoms with Crippen LogP contribution in [0.3, 0.4) is 0 Å². The smallest absolute Gasteiger partial charge is 0.348 e. The Morgan fingerprint density at radius 3 is 2.58 bits per heavy atom. The van der Waals surface area contributed by atoms with Gasteiger partial charge in [-0.1, -0.05) is 0 Å². The number of carboxylic acid groups (broad SMARTS) is 1.